The van der Waals surface area contributed by atoms with Gasteiger partial charge in [-0.3, -0.25) is 9.59 Å². The molecule has 8 heteroatoms. The minimum absolute atomic E-state index is 0.0972. The predicted octanol–water partition coefficient (Wildman–Crippen LogP) is 5.21. The third-order valence-corrected chi connectivity index (χ3v) is 8.40. The fraction of sp³-hybridized carbons (Fsp3) is 0.364. The summed E-state index contributed by atoms with van der Waals surface area (Å²) in [6.07, 6.45) is 0.748. The van der Waals surface area contributed by atoms with Crippen molar-refractivity contribution >= 4 is 29.3 Å². The summed E-state index contributed by atoms with van der Waals surface area (Å²) in [5.41, 5.74) is 3.26. The average molecular weight is 573 g/mol. The summed E-state index contributed by atoms with van der Waals surface area (Å²) in [5, 5.41) is 6.89. The van der Waals surface area contributed by atoms with Gasteiger partial charge in [-0.05, 0) is 36.6 Å². The van der Waals surface area contributed by atoms with Gasteiger partial charge >= 0.3 is 6.03 Å². The van der Waals surface area contributed by atoms with Crippen LogP contribution in [0.5, 0.6) is 0 Å². The fourth-order valence-corrected chi connectivity index (χ4v) is 6.27. The third kappa shape index (κ3) is 6.02. The van der Waals surface area contributed by atoms with Gasteiger partial charge in [-0.15, -0.1) is 0 Å². The van der Waals surface area contributed by atoms with Crippen LogP contribution in [0.2, 0.25) is 5.02 Å². The maximum atomic E-state index is 14.6. The van der Waals surface area contributed by atoms with Crippen molar-refractivity contribution in [3.63, 3.8) is 0 Å². The molecular weight excluding hydrogens is 536 g/mol. The van der Waals surface area contributed by atoms with E-state index < -0.39 is 23.9 Å². The lowest BCUT2D eigenvalue weighted by Gasteiger charge is -2.36. The van der Waals surface area contributed by atoms with Crippen LogP contribution in [0, 0.1) is 12.8 Å². The standard InChI is InChI=1S/C33H37ClN4O3/c1-3-17-36-33(41)38-29(24-11-9-22(2)10-12-24)28(31(39)25-7-5-4-6-8-25)27(23-13-15-26(34)16-14-23)30(38)32(40)37-20-18-35-19-21-37/h4-16,27-30,35H,3,17-21H2,1-2H3,(H,36,41). The van der Waals surface area contributed by atoms with E-state index in [0.29, 0.717) is 43.3 Å². The van der Waals surface area contributed by atoms with E-state index in [1.54, 1.807) is 29.2 Å². The highest BCUT2D eigenvalue weighted by atomic mass is 35.5. The highest BCUT2D eigenvalue weighted by Crippen LogP contribution is 2.51. The van der Waals surface area contributed by atoms with Gasteiger partial charge < -0.3 is 20.4 Å². The Morgan fingerprint density at radius 3 is 2.17 bits per heavy atom. The van der Waals surface area contributed by atoms with E-state index >= 15 is 0 Å². The minimum Gasteiger partial charge on any atom is -0.338 e. The molecule has 4 atom stereocenters. The molecule has 0 bridgehead atoms. The molecule has 0 aromatic heterocycles. The Balaban J connectivity index is 1.74. The highest BCUT2D eigenvalue weighted by molar-refractivity contribution is 6.30. The van der Waals surface area contributed by atoms with Gasteiger partial charge in [0.1, 0.15) is 6.04 Å². The first-order valence-electron chi connectivity index (χ1n) is 14.4. The number of benzene rings is 3. The van der Waals surface area contributed by atoms with E-state index in [2.05, 4.69) is 10.6 Å². The van der Waals surface area contributed by atoms with Crippen molar-refractivity contribution in [1.29, 1.82) is 0 Å². The minimum atomic E-state index is -0.880. The first-order chi connectivity index (χ1) is 19.9. The van der Waals surface area contributed by atoms with Crippen LogP contribution in [0.3, 0.4) is 0 Å². The predicted molar refractivity (Wildman–Crippen MR) is 161 cm³/mol. The van der Waals surface area contributed by atoms with Crippen LogP contribution < -0.4 is 10.6 Å². The lowest BCUT2D eigenvalue weighted by atomic mass is 9.76. The number of carbonyl (C=O) groups excluding carboxylic acids is 3. The molecule has 5 rings (SSSR count). The fourth-order valence-electron chi connectivity index (χ4n) is 6.14. The lowest BCUT2D eigenvalue weighted by Crippen LogP contribution is -2.56. The van der Waals surface area contributed by atoms with Gasteiger partial charge in [-0.25, -0.2) is 4.79 Å². The van der Waals surface area contributed by atoms with Gasteiger partial charge in [-0.2, -0.15) is 0 Å². The zero-order chi connectivity index (χ0) is 28.9. The molecule has 0 spiro atoms. The number of Topliss-reactive ketones (excluding diaryl/α,β-unsaturated/α-hetero) is 1. The van der Waals surface area contributed by atoms with Crippen molar-refractivity contribution in [3.05, 3.63) is 106 Å². The summed E-state index contributed by atoms with van der Waals surface area (Å²) in [6.45, 7) is 6.90. The number of piperazine rings is 1. The molecule has 0 saturated carbocycles. The number of hydrogen-bond donors (Lipinski definition) is 2. The van der Waals surface area contributed by atoms with Crippen LogP contribution in [0.1, 0.15) is 52.4 Å². The Labute approximate surface area is 246 Å². The molecule has 7 nitrogen and oxygen atoms in total. The number of rotatable bonds is 7. The highest BCUT2D eigenvalue weighted by Gasteiger charge is 2.58. The third-order valence-electron chi connectivity index (χ3n) is 8.14. The number of aryl methyl sites for hydroxylation is 1. The van der Waals surface area contributed by atoms with Gasteiger partial charge in [0, 0.05) is 49.2 Å². The first kappa shape index (κ1) is 28.8. The zero-order valence-electron chi connectivity index (χ0n) is 23.6. The first-order valence-corrected chi connectivity index (χ1v) is 14.8. The molecule has 41 heavy (non-hydrogen) atoms. The van der Waals surface area contributed by atoms with Crippen molar-refractivity contribution in [3.8, 4) is 0 Å². The molecule has 4 unspecified atom stereocenters. The Bertz CT molecular complexity index is 1360. The summed E-state index contributed by atoms with van der Waals surface area (Å²) in [4.78, 5) is 46.6. The van der Waals surface area contributed by atoms with Crippen LogP contribution in [-0.2, 0) is 4.79 Å². The van der Waals surface area contributed by atoms with Crippen LogP contribution in [0.4, 0.5) is 4.79 Å². The number of nitrogens with zero attached hydrogens (tertiary/aromatic N) is 2. The zero-order valence-corrected chi connectivity index (χ0v) is 24.3. The molecule has 3 aromatic rings. The summed E-state index contributed by atoms with van der Waals surface area (Å²) < 4.78 is 0. The van der Waals surface area contributed by atoms with Crippen LogP contribution in [0.15, 0.2) is 78.9 Å². The van der Waals surface area contributed by atoms with E-state index in [9.17, 15) is 14.4 Å². The Morgan fingerprint density at radius 1 is 0.902 bits per heavy atom. The lowest BCUT2D eigenvalue weighted by molar-refractivity contribution is -0.136. The summed E-state index contributed by atoms with van der Waals surface area (Å²) >= 11 is 6.29. The van der Waals surface area contributed by atoms with E-state index in [1.165, 1.54) is 0 Å². The molecule has 0 aliphatic carbocycles. The van der Waals surface area contributed by atoms with E-state index in [0.717, 1.165) is 23.1 Å². The normalized spacial score (nSPS) is 22.4. The monoisotopic (exact) mass is 572 g/mol. The van der Waals surface area contributed by atoms with Crippen LogP contribution in [0.25, 0.3) is 0 Å². The van der Waals surface area contributed by atoms with Crippen molar-refractivity contribution in [2.75, 3.05) is 32.7 Å². The molecule has 2 saturated heterocycles. The topological polar surface area (TPSA) is 81.8 Å². The quantitative estimate of drug-likeness (QED) is 0.381. The molecule has 214 valence electrons. The maximum Gasteiger partial charge on any atom is 0.318 e. The number of halogens is 1. The van der Waals surface area contributed by atoms with Gasteiger partial charge in [0.2, 0.25) is 5.91 Å². The second-order valence-corrected chi connectivity index (χ2v) is 11.3. The Morgan fingerprint density at radius 2 is 1.54 bits per heavy atom. The van der Waals surface area contributed by atoms with Crippen LogP contribution >= 0.6 is 11.6 Å². The summed E-state index contributed by atoms with van der Waals surface area (Å²) in [7, 11) is 0. The number of urea groups is 1. The van der Waals surface area contributed by atoms with Gasteiger partial charge in [0.05, 0.1) is 12.0 Å². The molecule has 0 radical (unpaired) electrons. The molecular formula is C33H37ClN4O3. The number of likely N-dealkylation sites (tertiary alicyclic amines) is 1. The van der Waals surface area contributed by atoms with Crippen molar-refractivity contribution in [1.82, 2.24) is 20.4 Å². The smallest absolute Gasteiger partial charge is 0.318 e. The van der Waals surface area contributed by atoms with Crippen molar-refractivity contribution < 1.29 is 14.4 Å². The van der Waals surface area contributed by atoms with Crippen molar-refractivity contribution in [2.45, 2.75) is 38.3 Å². The van der Waals surface area contributed by atoms with Gasteiger partial charge in [0.15, 0.2) is 5.78 Å². The SMILES string of the molecule is CCCNC(=O)N1C(C(=O)N2CCNCC2)C(c2ccc(Cl)cc2)C(C(=O)c2ccccc2)C1c1ccc(C)cc1. The average Bonchev–Trinajstić information content (AvgIpc) is 3.37. The Kier molecular flexibility index (Phi) is 9.06. The molecule has 2 aliphatic rings. The van der Waals surface area contributed by atoms with Crippen LogP contribution in [-0.4, -0.2) is 66.3 Å². The summed E-state index contributed by atoms with van der Waals surface area (Å²) in [5.74, 6) is -1.52. The molecule has 2 N–H and O–H groups in total. The number of hydrogen-bond acceptors (Lipinski definition) is 4. The second kappa shape index (κ2) is 12.9. The number of nitrogens with one attached hydrogen (secondary N) is 2. The summed E-state index contributed by atoms with van der Waals surface area (Å²) in [6, 6.07) is 22.6. The van der Waals surface area contributed by atoms with E-state index in [-0.39, 0.29) is 17.7 Å². The molecule has 3 aromatic carbocycles. The second-order valence-electron chi connectivity index (χ2n) is 10.8. The number of ketones is 1. The van der Waals surface area contributed by atoms with Gasteiger partial charge in [0.25, 0.3) is 0 Å². The van der Waals surface area contributed by atoms with E-state index in [1.807, 2.05) is 73.3 Å². The number of carbonyl (C=O) groups is 3. The molecule has 2 aliphatic heterocycles. The van der Waals surface area contributed by atoms with Gasteiger partial charge in [-0.1, -0.05) is 90.8 Å². The molecule has 2 heterocycles. The largest absolute Gasteiger partial charge is 0.338 e. The number of amides is 3. The molecule has 2 fully saturated rings. The van der Waals surface area contributed by atoms with Crippen molar-refractivity contribution in [2.24, 2.45) is 5.92 Å². The maximum absolute atomic E-state index is 14.6. The Hall–Kier alpha value is -3.68. The van der Waals surface area contributed by atoms with E-state index in [4.69, 9.17) is 11.6 Å². The molecule has 3 amide bonds.